The molecule has 0 aromatic heterocycles. The van der Waals surface area contributed by atoms with Gasteiger partial charge in [-0.25, -0.2) is 0 Å². The van der Waals surface area contributed by atoms with E-state index >= 15 is 0 Å². The summed E-state index contributed by atoms with van der Waals surface area (Å²) in [7, 11) is 0. The van der Waals surface area contributed by atoms with E-state index in [9.17, 15) is 0 Å². The van der Waals surface area contributed by atoms with Gasteiger partial charge in [0.1, 0.15) is 0 Å². The molecule has 2 fully saturated rings. The largest absolute Gasteiger partial charge is 0.313 e. The molecular formula is C16H32N2. The van der Waals surface area contributed by atoms with Crippen molar-refractivity contribution < 1.29 is 0 Å². The highest BCUT2D eigenvalue weighted by Gasteiger charge is 2.28. The van der Waals surface area contributed by atoms with Crippen molar-refractivity contribution in [2.45, 2.75) is 71.4 Å². The number of nitrogens with one attached hydrogen (secondary N) is 1. The second-order valence-corrected chi connectivity index (χ2v) is 6.91. The summed E-state index contributed by atoms with van der Waals surface area (Å²) in [5.41, 5.74) is 0. The minimum atomic E-state index is 0.719. The molecule has 2 unspecified atom stereocenters. The van der Waals surface area contributed by atoms with Gasteiger partial charge < -0.3 is 5.32 Å². The topological polar surface area (TPSA) is 15.3 Å². The highest BCUT2D eigenvalue weighted by atomic mass is 15.2. The molecule has 0 bridgehead atoms. The van der Waals surface area contributed by atoms with Gasteiger partial charge in [-0.15, -0.1) is 0 Å². The third-order valence-corrected chi connectivity index (χ3v) is 4.92. The summed E-state index contributed by atoms with van der Waals surface area (Å²) in [6.45, 7) is 11.0. The molecule has 1 N–H and O–H groups in total. The Kier molecular flexibility index (Phi) is 5.50. The lowest BCUT2D eigenvalue weighted by atomic mass is 9.96. The molecule has 1 aliphatic heterocycles. The molecule has 2 atom stereocenters. The van der Waals surface area contributed by atoms with Gasteiger partial charge in [-0.1, -0.05) is 26.7 Å². The van der Waals surface area contributed by atoms with Crippen LogP contribution in [0, 0.1) is 11.8 Å². The van der Waals surface area contributed by atoms with Gasteiger partial charge in [-0.2, -0.15) is 0 Å². The Balaban J connectivity index is 1.89. The molecule has 1 aliphatic carbocycles. The maximum atomic E-state index is 3.75. The van der Waals surface area contributed by atoms with Gasteiger partial charge in [0.25, 0.3) is 0 Å². The Morgan fingerprint density at radius 1 is 1.11 bits per heavy atom. The van der Waals surface area contributed by atoms with Crippen LogP contribution in [0.1, 0.15) is 59.3 Å². The smallest absolute Gasteiger partial charge is 0.0197 e. The van der Waals surface area contributed by atoms with Gasteiger partial charge in [0.2, 0.25) is 0 Å². The van der Waals surface area contributed by atoms with Crippen LogP contribution >= 0.6 is 0 Å². The predicted molar refractivity (Wildman–Crippen MR) is 78.9 cm³/mol. The summed E-state index contributed by atoms with van der Waals surface area (Å²) in [5.74, 6) is 1.78. The Morgan fingerprint density at radius 2 is 1.83 bits per heavy atom. The molecule has 1 saturated carbocycles. The maximum Gasteiger partial charge on any atom is 0.0197 e. The molecule has 0 radical (unpaired) electrons. The zero-order chi connectivity index (χ0) is 13.0. The summed E-state index contributed by atoms with van der Waals surface area (Å²) in [5, 5.41) is 3.75. The summed E-state index contributed by atoms with van der Waals surface area (Å²) < 4.78 is 0. The van der Waals surface area contributed by atoms with E-state index in [4.69, 9.17) is 0 Å². The van der Waals surface area contributed by atoms with E-state index in [1.165, 1.54) is 58.2 Å². The Bertz CT molecular complexity index is 233. The van der Waals surface area contributed by atoms with Crippen LogP contribution in [0.2, 0.25) is 0 Å². The molecule has 2 heteroatoms. The molecule has 1 heterocycles. The monoisotopic (exact) mass is 252 g/mol. The van der Waals surface area contributed by atoms with E-state index < -0.39 is 0 Å². The molecule has 0 aromatic carbocycles. The quantitative estimate of drug-likeness (QED) is 0.826. The first-order chi connectivity index (χ1) is 8.66. The standard InChI is InChI=1S/C16H32N2/c1-13(2)11-16-12-18(10-6-9-17-16)14(3)15-7-4-5-8-15/h13-17H,4-12H2,1-3H3. The number of nitrogens with zero attached hydrogens (tertiary/aromatic N) is 1. The summed E-state index contributed by atoms with van der Waals surface area (Å²) in [6, 6.07) is 1.53. The second kappa shape index (κ2) is 6.91. The fourth-order valence-corrected chi connectivity index (χ4v) is 3.86. The average molecular weight is 252 g/mol. The third-order valence-electron chi connectivity index (χ3n) is 4.92. The lowest BCUT2D eigenvalue weighted by Gasteiger charge is -2.34. The van der Waals surface area contributed by atoms with E-state index in [1.54, 1.807) is 0 Å². The van der Waals surface area contributed by atoms with Gasteiger partial charge in [0.15, 0.2) is 0 Å². The van der Waals surface area contributed by atoms with Crippen molar-refractivity contribution in [2.75, 3.05) is 19.6 Å². The van der Waals surface area contributed by atoms with Gasteiger partial charge >= 0.3 is 0 Å². The van der Waals surface area contributed by atoms with Gasteiger partial charge in [-0.3, -0.25) is 4.90 Å². The van der Waals surface area contributed by atoms with Crippen LogP contribution in [0.25, 0.3) is 0 Å². The minimum Gasteiger partial charge on any atom is -0.313 e. The number of rotatable bonds is 4. The van der Waals surface area contributed by atoms with E-state index in [0.29, 0.717) is 0 Å². The van der Waals surface area contributed by atoms with E-state index in [2.05, 4.69) is 31.0 Å². The highest BCUT2D eigenvalue weighted by molar-refractivity contribution is 4.85. The molecular weight excluding hydrogens is 220 g/mol. The van der Waals surface area contributed by atoms with E-state index in [0.717, 1.165) is 23.9 Å². The molecule has 0 spiro atoms. The number of hydrogen-bond acceptors (Lipinski definition) is 2. The van der Waals surface area contributed by atoms with Crippen molar-refractivity contribution in [3.05, 3.63) is 0 Å². The Labute approximate surface area is 114 Å². The normalized spacial score (nSPS) is 29.7. The molecule has 2 rings (SSSR count). The third kappa shape index (κ3) is 3.96. The van der Waals surface area contributed by atoms with Crippen molar-refractivity contribution in [2.24, 2.45) is 11.8 Å². The van der Waals surface area contributed by atoms with E-state index in [1.807, 2.05) is 0 Å². The van der Waals surface area contributed by atoms with Crippen LogP contribution in [0.5, 0.6) is 0 Å². The summed E-state index contributed by atoms with van der Waals surface area (Å²) in [6.07, 6.45) is 8.53. The van der Waals surface area contributed by atoms with Gasteiger partial charge in [-0.05, 0) is 57.5 Å². The first-order valence-corrected chi connectivity index (χ1v) is 8.14. The summed E-state index contributed by atoms with van der Waals surface area (Å²) >= 11 is 0. The first kappa shape index (κ1) is 14.3. The maximum absolute atomic E-state index is 3.75. The SMILES string of the molecule is CC(C)CC1CN(C(C)C2CCCC2)CCCN1. The fourth-order valence-electron chi connectivity index (χ4n) is 3.86. The van der Waals surface area contributed by atoms with Crippen LogP contribution in [-0.2, 0) is 0 Å². The molecule has 2 nitrogen and oxygen atoms in total. The van der Waals surface area contributed by atoms with E-state index in [-0.39, 0.29) is 0 Å². The van der Waals surface area contributed by atoms with Gasteiger partial charge in [0, 0.05) is 18.6 Å². The lowest BCUT2D eigenvalue weighted by Crippen LogP contribution is -2.44. The van der Waals surface area contributed by atoms with Crippen molar-refractivity contribution in [1.29, 1.82) is 0 Å². The Hall–Kier alpha value is -0.0800. The van der Waals surface area contributed by atoms with Crippen LogP contribution in [0.3, 0.4) is 0 Å². The minimum absolute atomic E-state index is 0.719. The highest BCUT2D eigenvalue weighted by Crippen LogP contribution is 2.30. The van der Waals surface area contributed by atoms with Gasteiger partial charge in [0.05, 0.1) is 0 Å². The van der Waals surface area contributed by atoms with Crippen LogP contribution in [-0.4, -0.2) is 36.6 Å². The molecule has 18 heavy (non-hydrogen) atoms. The van der Waals surface area contributed by atoms with Crippen molar-refractivity contribution >= 4 is 0 Å². The lowest BCUT2D eigenvalue weighted by molar-refractivity contribution is 0.149. The molecule has 0 aromatic rings. The van der Waals surface area contributed by atoms with Crippen LogP contribution in [0.4, 0.5) is 0 Å². The molecule has 1 saturated heterocycles. The summed E-state index contributed by atoms with van der Waals surface area (Å²) in [4.78, 5) is 2.78. The average Bonchev–Trinajstić information content (AvgIpc) is 2.75. The fraction of sp³-hybridized carbons (Fsp3) is 1.00. The molecule has 0 amide bonds. The second-order valence-electron chi connectivity index (χ2n) is 6.91. The van der Waals surface area contributed by atoms with Crippen molar-refractivity contribution in [1.82, 2.24) is 10.2 Å². The molecule has 2 aliphatic rings. The van der Waals surface area contributed by atoms with Crippen LogP contribution < -0.4 is 5.32 Å². The van der Waals surface area contributed by atoms with Crippen molar-refractivity contribution in [3.8, 4) is 0 Å². The predicted octanol–water partition coefficient (Wildman–Crippen LogP) is 3.28. The zero-order valence-electron chi connectivity index (χ0n) is 12.6. The number of hydrogen-bond donors (Lipinski definition) is 1. The first-order valence-electron chi connectivity index (χ1n) is 8.14. The van der Waals surface area contributed by atoms with Crippen molar-refractivity contribution in [3.63, 3.8) is 0 Å². The molecule has 106 valence electrons. The Morgan fingerprint density at radius 3 is 2.50 bits per heavy atom. The van der Waals surface area contributed by atoms with Crippen LogP contribution in [0.15, 0.2) is 0 Å². The zero-order valence-corrected chi connectivity index (χ0v) is 12.6.